The van der Waals surface area contributed by atoms with Gasteiger partial charge in [-0.1, -0.05) is 6.07 Å². The summed E-state index contributed by atoms with van der Waals surface area (Å²) in [6, 6.07) is 13.2. The first-order valence-electron chi connectivity index (χ1n) is 11.0. The Morgan fingerprint density at radius 2 is 1.91 bits per heavy atom. The molecular formula is C24H25N3O5S2. The fourth-order valence-electron chi connectivity index (χ4n) is 4.86. The fraction of sp³-hybridized carbons (Fsp3) is 0.333. The van der Waals surface area contributed by atoms with Crippen molar-refractivity contribution in [3.63, 3.8) is 0 Å². The van der Waals surface area contributed by atoms with Crippen LogP contribution in [0.3, 0.4) is 0 Å². The minimum atomic E-state index is -3.92. The molecule has 0 spiro atoms. The van der Waals surface area contributed by atoms with Crippen LogP contribution in [0, 0.1) is 5.92 Å². The molecule has 1 N–H and O–H groups in total. The summed E-state index contributed by atoms with van der Waals surface area (Å²) in [7, 11) is -2.42. The SMILES string of the molecule is COc1ccc(S(=O)(=O)Nc2ccc3n(c2=O)CC2CC3CN(C(=O)Cc3cccs3)C2)cc1. The van der Waals surface area contributed by atoms with Gasteiger partial charge in [0.15, 0.2) is 0 Å². The number of ether oxygens (including phenoxy) is 1. The lowest BCUT2D eigenvalue weighted by atomic mass is 9.83. The molecule has 178 valence electrons. The third kappa shape index (κ3) is 4.35. The van der Waals surface area contributed by atoms with Gasteiger partial charge >= 0.3 is 0 Å². The van der Waals surface area contributed by atoms with Crippen LogP contribution >= 0.6 is 11.3 Å². The van der Waals surface area contributed by atoms with E-state index in [1.807, 2.05) is 22.4 Å². The Hall–Kier alpha value is -3.11. The maximum Gasteiger partial charge on any atom is 0.275 e. The highest BCUT2D eigenvalue weighted by molar-refractivity contribution is 7.92. The van der Waals surface area contributed by atoms with E-state index in [9.17, 15) is 18.0 Å². The Labute approximate surface area is 201 Å². The molecule has 4 heterocycles. The van der Waals surface area contributed by atoms with Crippen molar-refractivity contribution in [3.05, 3.63) is 74.8 Å². The van der Waals surface area contributed by atoms with Gasteiger partial charge in [0.05, 0.1) is 18.4 Å². The average molecular weight is 500 g/mol. The lowest BCUT2D eigenvalue weighted by Gasteiger charge is -2.43. The van der Waals surface area contributed by atoms with Gasteiger partial charge in [0.25, 0.3) is 15.6 Å². The van der Waals surface area contributed by atoms with E-state index >= 15 is 0 Å². The standard InChI is InChI=1S/C24H25N3O5S2/c1-32-18-4-6-20(7-5-18)34(30,31)25-21-8-9-22-17-11-16(14-27(22)24(21)29)13-26(15-17)23(28)12-19-3-2-10-33-19/h2-10,16-17,25H,11-15H2,1H3. The number of sulfonamides is 1. The maximum atomic E-state index is 13.2. The van der Waals surface area contributed by atoms with Gasteiger partial charge in [0, 0.05) is 36.1 Å². The van der Waals surface area contributed by atoms with Crippen LogP contribution in [0.1, 0.15) is 22.9 Å². The zero-order valence-corrected chi connectivity index (χ0v) is 20.3. The van der Waals surface area contributed by atoms with Crippen LogP contribution in [0.25, 0.3) is 0 Å². The molecule has 10 heteroatoms. The number of carbonyl (C=O) groups is 1. The monoisotopic (exact) mass is 499 g/mol. The number of nitrogens with zero attached hydrogens (tertiary/aromatic N) is 2. The number of aromatic nitrogens is 1. The molecule has 1 amide bonds. The zero-order chi connectivity index (χ0) is 23.9. The summed E-state index contributed by atoms with van der Waals surface area (Å²) in [6.07, 6.45) is 1.31. The Morgan fingerprint density at radius 1 is 1.12 bits per heavy atom. The highest BCUT2D eigenvalue weighted by Crippen LogP contribution is 2.36. The first-order chi connectivity index (χ1) is 16.3. The zero-order valence-electron chi connectivity index (χ0n) is 18.6. The number of piperidine rings is 1. The summed E-state index contributed by atoms with van der Waals surface area (Å²) in [6.45, 7) is 1.64. The number of fused-ring (bicyclic) bond motifs is 4. The van der Waals surface area contributed by atoms with Crippen LogP contribution in [0.4, 0.5) is 5.69 Å². The summed E-state index contributed by atoms with van der Waals surface area (Å²) in [4.78, 5) is 29.1. The van der Waals surface area contributed by atoms with Crippen molar-refractivity contribution in [2.45, 2.75) is 30.2 Å². The van der Waals surface area contributed by atoms with E-state index in [2.05, 4.69) is 4.72 Å². The number of nitrogens with one attached hydrogen (secondary N) is 1. The van der Waals surface area contributed by atoms with Crippen LogP contribution in [0.2, 0.25) is 0 Å². The van der Waals surface area contributed by atoms with Crippen molar-refractivity contribution in [2.24, 2.45) is 5.92 Å². The van der Waals surface area contributed by atoms with E-state index in [-0.39, 0.29) is 33.9 Å². The fourth-order valence-corrected chi connectivity index (χ4v) is 6.61. The molecule has 2 aliphatic rings. The molecule has 0 saturated carbocycles. The highest BCUT2D eigenvalue weighted by atomic mass is 32.2. The largest absolute Gasteiger partial charge is 0.497 e. The van der Waals surface area contributed by atoms with Gasteiger partial charge in [-0.25, -0.2) is 8.42 Å². The Kier molecular flexibility index (Phi) is 5.95. The molecule has 1 fully saturated rings. The predicted molar refractivity (Wildman–Crippen MR) is 130 cm³/mol. The smallest absolute Gasteiger partial charge is 0.275 e. The molecule has 1 saturated heterocycles. The Morgan fingerprint density at radius 3 is 2.62 bits per heavy atom. The van der Waals surface area contributed by atoms with Crippen molar-refractivity contribution < 1.29 is 17.9 Å². The Balaban J connectivity index is 1.36. The summed E-state index contributed by atoms with van der Waals surface area (Å²) >= 11 is 1.58. The molecule has 0 radical (unpaired) electrons. The number of methoxy groups -OCH3 is 1. The minimum absolute atomic E-state index is 0.0187. The number of hydrogen-bond acceptors (Lipinski definition) is 6. The normalized spacial score (nSPS) is 19.4. The van der Waals surface area contributed by atoms with E-state index in [4.69, 9.17) is 4.74 Å². The van der Waals surface area contributed by atoms with Crippen molar-refractivity contribution in [1.29, 1.82) is 0 Å². The molecule has 2 unspecified atom stereocenters. The van der Waals surface area contributed by atoms with Gasteiger partial charge in [0.2, 0.25) is 5.91 Å². The van der Waals surface area contributed by atoms with Gasteiger partial charge in [-0.05, 0) is 60.2 Å². The van der Waals surface area contributed by atoms with Crippen molar-refractivity contribution in [2.75, 3.05) is 24.9 Å². The number of likely N-dealkylation sites (tertiary alicyclic amines) is 1. The number of carbonyl (C=O) groups excluding carboxylic acids is 1. The number of anilines is 1. The van der Waals surface area contributed by atoms with Crippen LogP contribution in [0.15, 0.2) is 63.6 Å². The second-order valence-electron chi connectivity index (χ2n) is 8.72. The van der Waals surface area contributed by atoms with Gasteiger partial charge < -0.3 is 14.2 Å². The summed E-state index contributed by atoms with van der Waals surface area (Å²) < 4.78 is 34.8. The van der Waals surface area contributed by atoms with Crippen molar-refractivity contribution in [3.8, 4) is 5.75 Å². The van der Waals surface area contributed by atoms with Crippen molar-refractivity contribution in [1.82, 2.24) is 9.47 Å². The second-order valence-corrected chi connectivity index (χ2v) is 11.4. The number of rotatable bonds is 6. The quantitative estimate of drug-likeness (QED) is 0.563. The lowest BCUT2D eigenvalue weighted by molar-refractivity contribution is -0.133. The number of benzene rings is 1. The third-order valence-electron chi connectivity index (χ3n) is 6.48. The van der Waals surface area contributed by atoms with Gasteiger partial charge in [-0.15, -0.1) is 11.3 Å². The molecule has 34 heavy (non-hydrogen) atoms. The van der Waals surface area contributed by atoms with Crippen LogP contribution in [-0.4, -0.2) is 44.0 Å². The minimum Gasteiger partial charge on any atom is -0.497 e. The van der Waals surface area contributed by atoms with E-state index in [0.717, 1.165) is 17.0 Å². The predicted octanol–water partition coefficient (Wildman–Crippen LogP) is 2.91. The number of amides is 1. The first-order valence-corrected chi connectivity index (χ1v) is 13.4. The summed E-state index contributed by atoms with van der Waals surface area (Å²) in [5.74, 6) is 0.864. The molecule has 8 nitrogen and oxygen atoms in total. The molecule has 2 aromatic heterocycles. The highest BCUT2D eigenvalue weighted by Gasteiger charge is 2.36. The van der Waals surface area contributed by atoms with Gasteiger partial charge in [-0.3, -0.25) is 14.3 Å². The molecule has 2 atom stereocenters. The summed E-state index contributed by atoms with van der Waals surface area (Å²) in [5.41, 5.74) is 0.509. The molecular weight excluding hydrogens is 474 g/mol. The molecule has 1 aromatic carbocycles. The molecule has 5 rings (SSSR count). The van der Waals surface area contributed by atoms with Gasteiger partial charge in [-0.2, -0.15) is 0 Å². The van der Waals surface area contributed by atoms with Crippen LogP contribution in [0.5, 0.6) is 5.75 Å². The van der Waals surface area contributed by atoms with E-state index in [0.29, 0.717) is 31.8 Å². The third-order valence-corrected chi connectivity index (χ3v) is 8.73. The molecule has 2 aliphatic heterocycles. The number of pyridine rings is 1. The first kappa shape index (κ1) is 22.7. The number of thiophene rings is 1. The summed E-state index contributed by atoms with van der Waals surface area (Å²) in [5, 5.41) is 1.97. The Bertz CT molecular complexity index is 1360. The number of hydrogen-bond donors (Lipinski definition) is 1. The molecule has 2 bridgehead atoms. The second kappa shape index (κ2) is 8.92. The molecule has 3 aromatic rings. The molecule has 0 aliphatic carbocycles. The van der Waals surface area contributed by atoms with Crippen molar-refractivity contribution >= 4 is 33.0 Å². The average Bonchev–Trinajstić information content (AvgIpc) is 3.34. The van der Waals surface area contributed by atoms with E-state index in [1.165, 1.54) is 25.3 Å². The maximum absolute atomic E-state index is 13.2. The lowest BCUT2D eigenvalue weighted by Crippen LogP contribution is -2.49. The van der Waals surface area contributed by atoms with Crippen LogP contribution in [-0.2, 0) is 27.8 Å². The van der Waals surface area contributed by atoms with E-state index < -0.39 is 10.0 Å². The topological polar surface area (TPSA) is 97.7 Å². The van der Waals surface area contributed by atoms with Crippen LogP contribution < -0.4 is 15.0 Å². The van der Waals surface area contributed by atoms with E-state index in [1.54, 1.807) is 34.1 Å². The van der Waals surface area contributed by atoms with Gasteiger partial charge in [0.1, 0.15) is 11.4 Å².